The highest BCUT2D eigenvalue weighted by molar-refractivity contribution is 7.99. The number of nitrogens with zero attached hydrogens (tertiary/aromatic N) is 2. The highest BCUT2D eigenvalue weighted by Gasteiger charge is 2.53. The first-order chi connectivity index (χ1) is 11.9. The maximum absolute atomic E-state index is 12.5. The molecule has 25 heavy (non-hydrogen) atoms. The number of aliphatic hydroxyl groups is 1. The number of non-ortho nitro benzene ring substituents is 1. The number of hydrogen-bond acceptors (Lipinski definition) is 7. The average Bonchev–Trinajstić information content (AvgIpc) is 3.14. The third kappa shape index (κ3) is 3.62. The van der Waals surface area contributed by atoms with Crippen LogP contribution in [0.1, 0.15) is 12.8 Å². The van der Waals surface area contributed by atoms with E-state index in [2.05, 4.69) is 0 Å². The predicted octanol–water partition coefficient (Wildman–Crippen LogP) is 1.22. The van der Waals surface area contributed by atoms with Crippen LogP contribution in [0.5, 0.6) is 5.75 Å². The minimum Gasteiger partial charge on any atom is -0.491 e. The van der Waals surface area contributed by atoms with E-state index in [0.717, 1.165) is 10.7 Å². The zero-order chi connectivity index (χ0) is 18.0. The Morgan fingerprint density at radius 3 is 2.92 bits per heavy atom. The van der Waals surface area contributed by atoms with Crippen LogP contribution in [0.25, 0.3) is 0 Å². The molecule has 9 heteroatoms. The van der Waals surface area contributed by atoms with E-state index in [1.165, 1.54) is 24.3 Å². The lowest BCUT2D eigenvalue weighted by molar-refractivity contribution is -0.384. The van der Waals surface area contributed by atoms with Crippen molar-refractivity contribution in [1.82, 2.24) is 4.90 Å². The summed E-state index contributed by atoms with van der Waals surface area (Å²) in [7, 11) is 0. The molecule has 1 aromatic carbocycles. The van der Waals surface area contributed by atoms with Crippen molar-refractivity contribution < 1.29 is 24.4 Å². The standard InChI is InChI=1S/C16H18N2O6S/c19-12(9-24-13-3-1-2-11(6-13)18(22)23)8-17-14(20)7-16(15(17)21)4-5-25-10-16/h1-3,6,12,19H,4-5,7-10H2/t12-,16+/m0/s1. The normalized spacial score (nSPS) is 24.1. The number of aliphatic hydroxyl groups excluding tert-OH is 1. The Hall–Kier alpha value is -2.13. The number of imide groups is 1. The van der Waals surface area contributed by atoms with Gasteiger partial charge in [-0.15, -0.1) is 0 Å². The van der Waals surface area contributed by atoms with Crippen molar-refractivity contribution in [2.45, 2.75) is 18.9 Å². The van der Waals surface area contributed by atoms with Gasteiger partial charge in [0.15, 0.2) is 0 Å². The Labute approximate surface area is 148 Å². The number of thioether (sulfide) groups is 1. The second-order valence-corrected chi connectivity index (χ2v) is 7.39. The second-order valence-electron chi connectivity index (χ2n) is 6.29. The van der Waals surface area contributed by atoms with Gasteiger partial charge in [-0.05, 0) is 18.2 Å². The number of nitro groups is 1. The maximum atomic E-state index is 12.5. The molecule has 2 aliphatic heterocycles. The lowest BCUT2D eigenvalue weighted by Gasteiger charge is -2.22. The lowest BCUT2D eigenvalue weighted by atomic mass is 9.86. The van der Waals surface area contributed by atoms with E-state index in [-0.39, 0.29) is 42.8 Å². The van der Waals surface area contributed by atoms with Crippen molar-refractivity contribution in [3.63, 3.8) is 0 Å². The van der Waals surface area contributed by atoms with E-state index in [0.29, 0.717) is 12.2 Å². The molecule has 1 aromatic rings. The molecule has 1 N–H and O–H groups in total. The molecule has 8 nitrogen and oxygen atoms in total. The zero-order valence-electron chi connectivity index (χ0n) is 13.4. The van der Waals surface area contributed by atoms with Gasteiger partial charge >= 0.3 is 0 Å². The van der Waals surface area contributed by atoms with Crippen LogP contribution >= 0.6 is 11.8 Å². The fraction of sp³-hybridized carbons (Fsp3) is 0.500. The Morgan fingerprint density at radius 2 is 2.24 bits per heavy atom. The second kappa shape index (κ2) is 7.01. The van der Waals surface area contributed by atoms with Crippen LogP contribution in [0.2, 0.25) is 0 Å². The van der Waals surface area contributed by atoms with Gasteiger partial charge < -0.3 is 9.84 Å². The van der Waals surface area contributed by atoms with Crippen LogP contribution < -0.4 is 4.74 Å². The van der Waals surface area contributed by atoms with E-state index in [9.17, 15) is 24.8 Å². The van der Waals surface area contributed by atoms with E-state index >= 15 is 0 Å². The Morgan fingerprint density at radius 1 is 1.44 bits per heavy atom. The molecular weight excluding hydrogens is 348 g/mol. The van der Waals surface area contributed by atoms with E-state index < -0.39 is 16.4 Å². The van der Waals surface area contributed by atoms with Gasteiger partial charge in [0.2, 0.25) is 11.8 Å². The molecule has 0 aliphatic carbocycles. The average molecular weight is 366 g/mol. The van der Waals surface area contributed by atoms with Crippen molar-refractivity contribution >= 4 is 29.3 Å². The molecule has 2 fully saturated rings. The molecule has 3 rings (SSSR count). The van der Waals surface area contributed by atoms with Crippen LogP contribution in [0.3, 0.4) is 0 Å². The van der Waals surface area contributed by atoms with Gasteiger partial charge in [-0.2, -0.15) is 11.8 Å². The SMILES string of the molecule is O=C1C[C@@]2(CCSC2)C(=O)N1C[C@H](O)COc1cccc([N+](=O)[O-])c1. The minimum absolute atomic E-state index is 0.113. The summed E-state index contributed by atoms with van der Waals surface area (Å²) in [5, 5.41) is 20.8. The largest absolute Gasteiger partial charge is 0.491 e. The summed E-state index contributed by atoms with van der Waals surface area (Å²) in [6.45, 7) is -0.293. The van der Waals surface area contributed by atoms with Gasteiger partial charge in [-0.25, -0.2) is 0 Å². The van der Waals surface area contributed by atoms with Crippen molar-refractivity contribution in [1.29, 1.82) is 0 Å². The van der Waals surface area contributed by atoms with Gasteiger partial charge in [0.25, 0.3) is 5.69 Å². The number of rotatable bonds is 6. The number of amides is 2. The molecule has 0 unspecified atom stereocenters. The number of carbonyl (C=O) groups excluding carboxylic acids is 2. The summed E-state index contributed by atoms with van der Waals surface area (Å²) >= 11 is 1.67. The van der Waals surface area contributed by atoms with Crippen LogP contribution in [0.15, 0.2) is 24.3 Å². The molecule has 2 atom stereocenters. The first-order valence-electron chi connectivity index (χ1n) is 7.89. The van der Waals surface area contributed by atoms with E-state index in [1.807, 2.05) is 0 Å². The molecule has 0 aromatic heterocycles. The van der Waals surface area contributed by atoms with Gasteiger partial charge in [0, 0.05) is 18.2 Å². The monoisotopic (exact) mass is 366 g/mol. The van der Waals surface area contributed by atoms with Crippen LogP contribution in [-0.4, -0.2) is 57.5 Å². The number of likely N-dealkylation sites (tertiary alicyclic amines) is 1. The van der Waals surface area contributed by atoms with Crippen molar-refractivity contribution in [2.24, 2.45) is 5.41 Å². The van der Waals surface area contributed by atoms with Crippen LogP contribution in [-0.2, 0) is 9.59 Å². The van der Waals surface area contributed by atoms with Gasteiger partial charge in [-0.3, -0.25) is 24.6 Å². The molecule has 2 heterocycles. The number of nitro benzene ring substituents is 1. The van der Waals surface area contributed by atoms with Crippen LogP contribution in [0, 0.1) is 15.5 Å². The first-order valence-corrected chi connectivity index (χ1v) is 9.05. The maximum Gasteiger partial charge on any atom is 0.273 e. The number of ether oxygens (including phenoxy) is 1. The summed E-state index contributed by atoms with van der Waals surface area (Å²) in [4.78, 5) is 36.0. The fourth-order valence-corrected chi connectivity index (χ4v) is 4.54. The zero-order valence-corrected chi connectivity index (χ0v) is 14.2. The number of β-amino-alcohol motifs (C(OH)–C–C–N with tert-alkyl or cyclic N) is 1. The molecule has 1 spiro atoms. The van der Waals surface area contributed by atoms with E-state index in [4.69, 9.17) is 4.74 Å². The van der Waals surface area contributed by atoms with Crippen molar-refractivity contribution in [2.75, 3.05) is 24.7 Å². The summed E-state index contributed by atoms with van der Waals surface area (Å²) in [6, 6.07) is 5.61. The van der Waals surface area contributed by atoms with Gasteiger partial charge in [0.05, 0.1) is 22.9 Å². The quantitative estimate of drug-likeness (QED) is 0.458. The summed E-state index contributed by atoms with van der Waals surface area (Å²) in [5.74, 6) is 1.29. The van der Waals surface area contributed by atoms with Gasteiger partial charge in [0.1, 0.15) is 18.5 Å². The fourth-order valence-electron chi connectivity index (χ4n) is 3.10. The molecule has 2 aliphatic rings. The predicted molar refractivity (Wildman–Crippen MR) is 90.3 cm³/mol. The Kier molecular flexibility index (Phi) is 4.96. The van der Waals surface area contributed by atoms with Crippen molar-refractivity contribution in [3.05, 3.63) is 34.4 Å². The first kappa shape index (κ1) is 17.7. The number of hydrogen-bond donors (Lipinski definition) is 1. The number of carbonyl (C=O) groups is 2. The molecule has 2 amide bonds. The molecule has 0 radical (unpaired) electrons. The summed E-state index contributed by atoms with van der Waals surface area (Å²) in [6.07, 6.45) is -0.160. The third-order valence-electron chi connectivity index (χ3n) is 4.46. The van der Waals surface area contributed by atoms with Gasteiger partial charge in [-0.1, -0.05) is 6.07 Å². The molecule has 0 saturated carbocycles. The lowest BCUT2D eigenvalue weighted by Crippen LogP contribution is -2.41. The number of benzene rings is 1. The Balaban J connectivity index is 1.57. The third-order valence-corrected chi connectivity index (χ3v) is 5.71. The molecule has 0 bridgehead atoms. The summed E-state index contributed by atoms with van der Waals surface area (Å²) < 4.78 is 5.35. The highest BCUT2D eigenvalue weighted by atomic mass is 32.2. The molecule has 2 saturated heterocycles. The van der Waals surface area contributed by atoms with Crippen LogP contribution in [0.4, 0.5) is 5.69 Å². The summed E-state index contributed by atoms with van der Waals surface area (Å²) in [5.41, 5.74) is -0.708. The van der Waals surface area contributed by atoms with E-state index in [1.54, 1.807) is 11.8 Å². The van der Waals surface area contributed by atoms with Crippen molar-refractivity contribution in [3.8, 4) is 5.75 Å². The topological polar surface area (TPSA) is 110 Å². The smallest absolute Gasteiger partial charge is 0.273 e. The highest BCUT2D eigenvalue weighted by Crippen LogP contribution is 2.44. The molecule has 134 valence electrons. The molecular formula is C16H18N2O6S. The minimum atomic E-state index is -1.06. The Bertz CT molecular complexity index is 704.